The summed E-state index contributed by atoms with van der Waals surface area (Å²) in [5, 5.41) is 0. The molecule has 2 fully saturated rings. The zero-order valence-electron chi connectivity index (χ0n) is 17.8. The number of carbonyl (C=O) groups excluding carboxylic acids is 1. The molecular weight excluding hydrogens is 360 g/mol. The highest BCUT2D eigenvalue weighted by Crippen LogP contribution is 2.37. The van der Waals surface area contributed by atoms with Crippen molar-refractivity contribution in [2.75, 3.05) is 14.2 Å². The maximum absolute atomic E-state index is 13.4. The molecule has 0 aliphatic carbocycles. The first-order chi connectivity index (χ1) is 14.0. The van der Waals surface area contributed by atoms with Crippen LogP contribution in [0.2, 0.25) is 0 Å². The van der Waals surface area contributed by atoms with Crippen LogP contribution in [0.1, 0.15) is 42.4 Å². The number of carbonyl (C=O) groups is 1. The van der Waals surface area contributed by atoms with Crippen LogP contribution in [0.25, 0.3) is 0 Å². The molecule has 0 saturated carbocycles. The van der Waals surface area contributed by atoms with Crippen LogP contribution in [0, 0.1) is 6.92 Å². The lowest BCUT2D eigenvalue weighted by Gasteiger charge is -2.42. The van der Waals surface area contributed by atoms with E-state index in [4.69, 9.17) is 4.74 Å². The van der Waals surface area contributed by atoms with Crippen molar-refractivity contribution in [1.82, 2.24) is 9.80 Å². The average Bonchev–Trinajstić information content (AvgIpc) is 2.93. The zero-order chi connectivity index (χ0) is 20.4. The van der Waals surface area contributed by atoms with Gasteiger partial charge in [-0.25, -0.2) is 0 Å². The highest BCUT2D eigenvalue weighted by molar-refractivity contribution is 5.79. The second-order valence-electron chi connectivity index (χ2n) is 8.71. The van der Waals surface area contributed by atoms with Crippen LogP contribution in [0.5, 0.6) is 5.75 Å². The molecule has 29 heavy (non-hydrogen) atoms. The lowest BCUT2D eigenvalue weighted by molar-refractivity contribution is -0.135. The highest BCUT2D eigenvalue weighted by atomic mass is 16.5. The van der Waals surface area contributed by atoms with Crippen molar-refractivity contribution < 1.29 is 9.53 Å². The fourth-order valence-corrected chi connectivity index (χ4v) is 4.97. The third-order valence-electron chi connectivity index (χ3n) is 6.82. The van der Waals surface area contributed by atoms with Gasteiger partial charge in [0.1, 0.15) is 5.75 Å². The number of amides is 1. The van der Waals surface area contributed by atoms with E-state index in [-0.39, 0.29) is 5.91 Å². The van der Waals surface area contributed by atoms with Crippen LogP contribution in [0.4, 0.5) is 0 Å². The van der Waals surface area contributed by atoms with Crippen LogP contribution in [0.15, 0.2) is 48.5 Å². The number of rotatable bonds is 6. The first-order valence-electron chi connectivity index (χ1n) is 10.7. The fourth-order valence-electron chi connectivity index (χ4n) is 4.97. The number of benzene rings is 2. The minimum atomic E-state index is 0.227. The standard InChI is InChI=1S/C25H32N2O2/c1-18-4-6-20(7-5-18)17-27(23-15-21-10-11-22(16-23)26(21)2)25(28)14-19-8-12-24(29-3)13-9-19/h4-9,12-13,21-23H,10-11,14-17H2,1-3H3/t21-,22+,23+. The van der Waals surface area contributed by atoms with E-state index in [2.05, 4.69) is 48.0 Å². The van der Waals surface area contributed by atoms with Crippen molar-refractivity contribution in [3.63, 3.8) is 0 Å². The molecule has 2 saturated heterocycles. The molecule has 2 heterocycles. The average molecular weight is 393 g/mol. The number of ether oxygens (including phenoxy) is 1. The molecule has 154 valence electrons. The minimum absolute atomic E-state index is 0.227. The summed E-state index contributed by atoms with van der Waals surface area (Å²) in [5.74, 6) is 1.05. The van der Waals surface area contributed by atoms with Crippen molar-refractivity contribution in [3.05, 3.63) is 65.2 Å². The van der Waals surface area contributed by atoms with Crippen LogP contribution in [-0.4, -0.2) is 48.0 Å². The number of hydrogen-bond donors (Lipinski definition) is 0. The van der Waals surface area contributed by atoms with Gasteiger partial charge in [-0.05, 0) is 62.9 Å². The summed E-state index contributed by atoms with van der Waals surface area (Å²) in [6.07, 6.45) is 5.16. The smallest absolute Gasteiger partial charge is 0.227 e. The molecule has 2 aromatic carbocycles. The monoisotopic (exact) mass is 392 g/mol. The van der Waals surface area contributed by atoms with Gasteiger partial charge in [0, 0.05) is 24.7 Å². The second-order valence-corrected chi connectivity index (χ2v) is 8.71. The van der Waals surface area contributed by atoms with Crippen molar-refractivity contribution in [3.8, 4) is 5.75 Å². The predicted molar refractivity (Wildman–Crippen MR) is 116 cm³/mol. The van der Waals surface area contributed by atoms with E-state index in [9.17, 15) is 4.79 Å². The fraction of sp³-hybridized carbons (Fsp3) is 0.480. The predicted octanol–water partition coefficient (Wildman–Crippen LogP) is 4.20. The SMILES string of the molecule is COc1ccc(CC(=O)N(Cc2ccc(C)cc2)[C@H]2C[C@H]3CC[C@@H](C2)N3C)cc1. The van der Waals surface area contributed by atoms with Crippen LogP contribution < -0.4 is 4.74 Å². The Balaban J connectivity index is 1.53. The van der Waals surface area contributed by atoms with E-state index in [0.717, 1.165) is 24.2 Å². The summed E-state index contributed by atoms with van der Waals surface area (Å²) < 4.78 is 5.25. The molecule has 3 atom stereocenters. The molecule has 0 aromatic heterocycles. The number of aryl methyl sites for hydroxylation is 1. The molecule has 4 rings (SSSR count). The van der Waals surface area contributed by atoms with Gasteiger partial charge in [-0.15, -0.1) is 0 Å². The van der Waals surface area contributed by atoms with Gasteiger partial charge in [-0.2, -0.15) is 0 Å². The highest BCUT2D eigenvalue weighted by Gasteiger charge is 2.41. The van der Waals surface area contributed by atoms with E-state index >= 15 is 0 Å². The van der Waals surface area contributed by atoms with Crippen molar-refractivity contribution >= 4 is 5.91 Å². The lowest BCUT2D eigenvalue weighted by Crippen LogP contribution is -2.50. The summed E-state index contributed by atoms with van der Waals surface area (Å²) in [5.41, 5.74) is 3.51. The Morgan fingerprint density at radius 3 is 2.17 bits per heavy atom. The molecule has 2 aliphatic heterocycles. The van der Waals surface area contributed by atoms with E-state index in [1.807, 2.05) is 24.3 Å². The number of nitrogens with zero attached hydrogens (tertiary/aromatic N) is 2. The number of methoxy groups -OCH3 is 1. The first kappa shape index (κ1) is 20.0. The van der Waals surface area contributed by atoms with Crippen LogP contribution in [-0.2, 0) is 17.8 Å². The van der Waals surface area contributed by atoms with Gasteiger partial charge < -0.3 is 14.5 Å². The Hall–Kier alpha value is -2.33. The minimum Gasteiger partial charge on any atom is -0.497 e. The van der Waals surface area contributed by atoms with Gasteiger partial charge in [-0.3, -0.25) is 4.79 Å². The van der Waals surface area contributed by atoms with Crippen LogP contribution >= 0.6 is 0 Å². The van der Waals surface area contributed by atoms with Gasteiger partial charge in [0.2, 0.25) is 5.91 Å². The lowest BCUT2D eigenvalue weighted by atomic mass is 9.95. The zero-order valence-corrected chi connectivity index (χ0v) is 17.8. The largest absolute Gasteiger partial charge is 0.497 e. The normalized spacial score (nSPS) is 23.8. The molecule has 1 amide bonds. The Morgan fingerprint density at radius 2 is 1.59 bits per heavy atom. The number of piperidine rings is 1. The molecule has 0 radical (unpaired) electrons. The Kier molecular flexibility index (Phi) is 5.91. The third kappa shape index (κ3) is 4.48. The summed E-state index contributed by atoms with van der Waals surface area (Å²) in [4.78, 5) is 18.1. The van der Waals surface area contributed by atoms with Crippen LogP contribution in [0.3, 0.4) is 0 Å². The molecule has 0 unspecified atom stereocenters. The number of hydrogen-bond acceptors (Lipinski definition) is 3. The molecule has 2 aromatic rings. The Bertz CT molecular complexity index is 817. The molecule has 2 bridgehead atoms. The molecule has 0 N–H and O–H groups in total. The Morgan fingerprint density at radius 1 is 1.00 bits per heavy atom. The van der Waals surface area contributed by atoms with Gasteiger partial charge in [-0.1, -0.05) is 42.0 Å². The summed E-state index contributed by atoms with van der Waals surface area (Å²) >= 11 is 0. The second kappa shape index (κ2) is 8.58. The van der Waals surface area contributed by atoms with Gasteiger partial charge >= 0.3 is 0 Å². The number of fused-ring (bicyclic) bond motifs is 2. The van der Waals surface area contributed by atoms with Crippen molar-refractivity contribution in [1.29, 1.82) is 0 Å². The molecule has 0 spiro atoms. The van der Waals surface area contributed by atoms with E-state index < -0.39 is 0 Å². The molecule has 4 heteroatoms. The van der Waals surface area contributed by atoms with Gasteiger partial charge in [0.05, 0.1) is 13.5 Å². The van der Waals surface area contributed by atoms with Gasteiger partial charge in [0.15, 0.2) is 0 Å². The molecular formula is C25H32N2O2. The topological polar surface area (TPSA) is 32.8 Å². The summed E-state index contributed by atoms with van der Waals surface area (Å²) in [7, 11) is 3.92. The van der Waals surface area contributed by atoms with Crippen molar-refractivity contribution in [2.24, 2.45) is 0 Å². The molecule has 2 aliphatic rings. The Labute approximate surface area is 174 Å². The van der Waals surface area contributed by atoms with E-state index in [1.165, 1.54) is 24.0 Å². The maximum atomic E-state index is 13.4. The molecule has 4 nitrogen and oxygen atoms in total. The third-order valence-corrected chi connectivity index (χ3v) is 6.82. The summed E-state index contributed by atoms with van der Waals surface area (Å²) in [6, 6.07) is 18.0. The maximum Gasteiger partial charge on any atom is 0.227 e. The van der Waals surface area contributed by atoms with Crippen molar-refractivity contribution in [2.45, 2.75) is 63.7 Å². The quantitative estimate of drug-likeness (QED) is 0.739. The van der Waals surface area contributed by atoms with Gasteiger partial charge in [0.25, 0.3) is 0 Å². The van der Waals surface area contributed by atoms with E-state index in [0.29, 0.717) is 31.1 Å². The summed E-state index contributed by atoms with van der Waals surface area (Å²) in [6.45, 7) is 2.80. The van der Waals surface area contributed by atoms with E-state index in [1.54, 1.807) is 7.11 Å². The first-order valence-corrected chi connectivity index (χ1v) is 10.7.